The number of benzene rings is 2. The fourth-order valence-corrected chi connectivity index (χ4v) is 6.86. The van der Waals surface area contributed by atoms with Gasteiger partial charge >= 0.3 is 0 Å². The van der Waals surface area contributed by atoms with Gasteiger partial charge in [0.15, 0.2) is 0 Å². The van der Waals surface area contributed by atoms with E-state index in [-0.39, 0.29) is 12.5 Å². The van der Waals surface area contributed by atoms with Gasteiger partial charge in [0.1, 0.15) is 16.5 Å². The van der Waals surface area contributed by atoms with Crippen molar-refractivity contribution >= 4 is 62.5 Å². The number of anilines is 2. The minimum Gasteiger partial charge on any atom is -0.350 e. The molecule has 8 heteroatoms. The van der Waals surface area contributed by atoms with Crippen molar-refractivity contribution < 1.29 is 4.79 Å². The number of fused-ring (bicyclic) bond motifs is 3. The van der Waals surface area contributed by atoms with Crippen LogP contribution in [0.1, 0.15) is 22.7 Å². The summed E-state index contributed by atoms with van der Waals surface area (Å²) in [5, 5.41) is 4.20. The van der Waals surface area contributed by atoms with Crippen molar-refractivity contribution in [3.05, 3.63) is 70.9 Å². The summed E-state index contributed by atoms with van der Waals surface area (Å²) in [6.07, 6.45) is 5.36. The minimum absolute atomic E-state index is 0.0529. The molecule has 0 fully saturated rings. The van der Waals surface area contributed by atoms with Gasteiger partial charge in [-0.2, -0.15) is 0 Å². The molecule has 0 bridgehead atoms. The second kappa shape index (κ2) is 10.4. The zero-order chi connectivity index (χ0) is 23.5. The van der Waals surface area contributed by atoms with Crippen LogP contribution in [0.25, 0.3) is 10.2 Å². The largest absolute Gasteiger partial charge is 0.350 e. The Hall–Kier alpha value is -2.55. The van der Waals surface area contributed by atoms with Crippen LogP contribution in [0.5, 0.6) is 0 Å². The Morgan fingerprint density at radius 2 is 1.88 bits per heavy atom. The molecule has 2 heterocycles. The topological polar surface area (TPSA) is 58.1 Å². The third-order valence-corrected chi connectivity index (χ3v) is 8.82. The van der Waals surface area contributed by atoms with Crippen LogP contribution in [-0.2, 0) is 23.4 Å². The van der Waals surface area contributed by atoms with Gasteiger partial charge in [0.25, 0.3) is 0 Å². The normalized spacial score (nSPS) is 12.6. The summed E-state index contributed by atoms with van der Waals surface area (Å²) in [5.74, 6) is 2.30. The van der Waals surface area contributed by atoms with Gasteiger partial charge in [-0.15, -0.1) is 34.9 Å². The van der Waals surface area contributed by atoms with Crippen molar-refractivity contribution in [1.82, 2.24) is 9.97 Å². The molecule has 0 atom stereocenters. The van der Waals surface area contributed by atoms with Crippen LogP contribution in [0, 0.1) is 0 Å². The molecule has 1 aliphatic carbocycles. The molecule has 2 aromatic heterocycles. The molecule has 0 radical (unpaired) electrons. The number of amides is 1. The lowest BCUT2D eigenvalue weighted by molar-refractivity contribution is -0.114. The van der Waals surface area contributed by atoms with Gasteiger partial charge in [0.05, 0.1) is 23.4 Å². The van der Waals surface area contributed by atoms with Crippen LogP contribution < -0.4 is 10.2 Å². The predicted octanol–water partition coefficient (Wildman–Crippen LogP) is 6.27. The van der Waals surface area contributed by atoms with E-state index in [4.69, 9.17) is 9.97 Å². The van der Waals surface area contributed by atoms with Crippen molar-refractivity contribution in [2.45, 2.75) is 34.8 Å². The fourth-order valence-electron chi connectivity index (χ4n) is 4.25. The Bertz CT molecular complexity index is 1320. The molecule has 2 aromatic carbocycles. The number of nitrogens with zero attached hydrogens (tertiary/aromatic N) is 3. The van der Waals surface area contributed by atoms with Gasteiger partial charge in [-0.05, 0) is 55.3 Å². The number of rotatable bonds is 8. The van der Waals surface area contributed by atoms with Crippen LogP contribution in [-0.4, -0.2) is 35.7 Å². The van der Waals surface area contributed by atoms with Gasteiger partial charge < -0.3 is 10.2 Å². The van der Waals surface area contributed by atoms with Crippen molar-refractivity contribution in [1.29, 1.82) is 0 Å². The highest BCUT2D eigenvalue weighted by Gasteiger charge is 2.24. The predicted molar refractivity (Wildman–Crippen MR) is 146 cm³/mol. The molecule has 0 aliphatic heterocycles. The number of thioether (sulfide) groups is 2. The molecule has 5 rings (SSSR count). The zero-order valence-electron chi connectivity index (χ0n) is 19.2. The highest BCUT2D eigenvalue weighted by atomic mass is 32.2. The van der Waals surface area contributed by atoms with Gasteiger partial charge in [-0.25, -0.2) is 9.97 Å². The maximum atomic E-state index is 13.0. The van der Waals surface area contributed by atoms with Crippen molar-refractivity contribution in [2.75, 3.05) is 30.1 Å². The molecule has 174 valence electrons. The van der Waals surface area contributed by atoms with Crippen LogP contribution in [0.15, 0.2) is 64.4 Å². The first-order valence-electron chi connectivity index (χ1n) is 11.3. The summed E-state index contributed by atoms with van der Waals surface area (Å²) in [6, 6.07) is 18.2. The summed E-state index contributed by atoms with van der Waals surface area (Å²) in [5.41, 5.74) is 2.22. The molecule has 0 saturated heterocycles. The molecule has 4 aromatic rings. The quantitative estimate of drug-likeness (QED) is 0.284. The molecule has 0 spiro atoms. The van der Waals surface area contributed by atoms with Crippen LogP contribution >= 0.6 is 34.9 Å². The monoisotopic (exact) mass is 506 g/mol. The Morgan fingerprint density at radius 3 is 2.71 bits per heavy atom. The fraction of sp³-hybridized carbons (Fsp3) is 0.269. The standard InChI is InChI=1S/C26H26N4OS3/c1-30(15-23(31)27-19-12-6-7-13-21(19)32-2)25-24-18-11-8-14-20(18)34-26(24)29-22(28-25)16-33-17-9-4-3-5-10-17/h3-7,9-10,12-13H,8,11,14-16H2,1-2H3,(H,27,31). The Labute approximate surface area is 212 Å². The van der Waals surface area contributed by atoms with Crippen LogP contribution in [0.2, 0.25) is 0 Å². The number of hydrogen-bond acceptors (Lipinski definition) is 7. The molecule has 1 amide bonds. The number of hydrogen-bond donors (Lipinski definition) is 1. The van der Waals surface area contributed by atoms with Gasteiger partial charge in [-0.3, -0.25) is 4.79 Å². The van der Waals surface area contributed by atoms with E-state index in [0.29, 0.717) is 5.75 Å². The number of para-hydroxylation sites is 1. The van der Waals surface area contributed by atoms with Crippen LogP contribution in [0.3, 0.4) is 0 Å². The number of carbonyl (C=O) groups excluding carboxylic acids is 1. The molecule has 34 heavy (non-hydrogen) atoms. The van der Waals surface area contributed by atoms with Gasteiger partial charge in [0.2, 0.25) is 5.91 Å². The highest BCUT2D eigenvalue weighted by molar-refractivity contribution is 7.98. The third kappa shape index (κ3) is 4.94. The van der Waals surface area contributed by atoms with E-state index in [1.807, 2.05) is 60.7 Å². The number of likely N-dealkylation sites (N-methyl/N-ethyl adjacent to an activating group) is 1. The van der Waals surface area contributed by atoms with E-state index in [9.17, 15) is 4.79 Å². The summed E-state index contributed by atoms with van der Waals surface area (Å²) < 4.78 is 0. The maximum Gasteiger partial charge on any atom is 0.243 e. The number of aromatic nitrogens is 2. The van der Waals surface area contributed by atoms with E-state index in [1.165, 1.54) is 21.8 Å². The Balaban J connectivity index is 1.41. The molecule has 0 unspecified atom stereocenters. The summed E-state index contributed by atoms with van der Waals surface area (Å²) >= 11 is 5.15. The second-order valence-electron chi connectivity index (χ2n) is 8.21. The van der Waals surface area contributed by atoms with E-state index in [2.05, 4.69) is 17.4 Å². The van der Waals surface area contributed by atoms with E-state index >= 15 is 0 Å². The zero-order valence-corrected chi connectivity index (χ0v) is 21.7. The maximum absolute atomic E-state index is 13.0. The van der Waals surface area contributed by atoms with Gasteiger partial charge in [0, 0.05) is 21.7 Å². The molecule has 0 saturated carbocycles. The molecule has 1 N–H and O–H groups in total. The first-order chi connectivity index (χ1) is 16.6. The van der Waals surface area contributed by atoms with Gasteiger partial charge in [-0.1, -0.05) is 30.3 Å². The van der Waals surface area contributed by atoms with Crippen molar-refractivity contribution in [3.8, 4) is 0 Å². The summed E-state index contributed by atoms with van der Waals surface area (Å²) in [7, 11) is 1.95. The van der Waals surface area contributed by atoms with E-state index in [1.54, 1.807) is 34.9 Å². The van der Waals surface area contributed by atoms with E-state index < -0.39 is 0 Å². The Morgan fingerprint density at radius 1 is 1.09 bits per heavy atom. The average molecular weight is 507 g/mol. The highest BCUT2D eigenvalue weighted by Crippen LogP contribution is 2.40. The van der Waals surface area contributed by atoms with Crippen LogP contribution in [0.4, 0.5) is 11.5 Å². The van der Waals surface area contributed by atoms with Crippen molar-refractivity contribution in [2.24, 2.45) is 0 Å². The second-order valence-corrected chi connectivity index (χ2v) is 11.2. The molecular formula is C26H26N4OS3. The summed E-state index contributed by atoms with van der Waals surface area (Å²) in [4.78, 5) is 29.5. The number of thiophene rings is 1. The molecular weight excluding hydrogens is 481 g/mol. The Kier molecular flexibility index (Phi) is 7.08. The summed E-state index contributed by atoms with van der Waals surface area (Å²) in [6.45, 7) is 0.227. The number of nitrogens with one attached hydrogen (secondary N) is 1. The lowest BCUT2D eigenvalue weighted by atomic mass is 10.2. The minimum atomic E-state index is -0.0529. The first-order valence-corrected chi connectivity index (χ1v) is 14.3. The lowest BCUT2D eigenvalue weighted by Crippen LogP contribution is -2.31. The lowest BCUT2D eigenvalue weighted by Gasteiger charge is -2.20. The van der Waals surface area contributed by atoms with E-state index in [0.717, 1.165) is 45.3 Å². The third-order valence-electron chi connectivity index (χ3n) is 5.83. The SMILES string of the molecule is CSc1ccccc1NC(=O)CN(C)c1nc(CSc2ccccc2)nc2sc3c(c12)CCC3. The molecule has 1 aliphatic rings. The first kappa shape index (κ1) is 23.2. The number of carbonyl (C=O) groups is 1. The average Bonchev–Trinajstić information content (AvgIpc) is 3.44. The smallest absolute Gasteiger partial charge is 0.243 e. The van der Waals surface area contributed by atoms with Crippen molar-refractivity contribution in [3.63, 3.8) is 0 Å². The number of aryl methyl sites for hydroxylation is 2. The molecule has 5 nitrogen and oxygen atoms in total.